The molecule has 0 bridgehead atoms. The van der Waals surface area contributed by atoms with Crippen molar-refractivity contribution in [3.05, 3.63) is 78.5 Å². The Morgan fingerprint density at radius 2 is 1.96 bits per heavy atom. The van der Waals surface area contributed by atoms with Gasteiger partial charge in [-0.2, -0.15) is 0 Å². The van der Waals surface area contributed by atoms with Crippen LogP contribution in [0.1, 0.15) is 6.23 Å². The standard InChI is InChI=1S/C15H13N3O6S2/c19-8-10-7-12(14(24-10)17-6-5-13(20)16-15(17)21)26-25-11-3-1-9(2-4-11)18(22)23/h1-7,10,14,19H,8H2,(H,16,20,21)/t10-,14+/m0/s1. The lowest BCUT2D eigenvalue weighted by molar-refractivity contribution is -0.384. The average molecular weight is 395 g/mol. The van der Waals surface area contributed by atoms with E-state index in [9.17, 15) is 24.8 Å². The molecule has 136 valence electrons. The number of nitrogens with zero attached hydrogens (tertiary/aromatic N) is 2. The summed E-state index contributed by atoms with van der Waals surface area (Å²) in [5.41, 5.74) is -1.13. The maximum absolute atomic E-state index is 12.0. The topological polar surface area (TPSA) is 127 Å². The fourth-order valence-corrected chi connectivity index (χ4v) is 4.46. The number of benzene rings is 1. The second-order valence-electron chi connectivity index (χ2n) is 5.21. The van der Waals surface area contributed by atoms with Crippen molar-refractivity contribution in [1.82, 2.24) is 9.55 Å². The molecule has 11 heteroatoms. The third-order valence-electron chi connectivity index (χ3n) is 3.46. The lowest BCUT2D eigenvalue weighted by Gasteiger charge is -2.17. The molecule has 0 saturated heterocycles. The minimum Gasteiger partial charge on any atom is -0.393 e. The number of aromatic amines is 1. The van der Waals surface area contributed by atoms with Crippen molar-refractivity contribution in [3.63, 3.8) is 0 Å². The summed E-state index contributed by atoms with van der Waals surface area (Å²) in [4.78, 5) is 37.1. The van der Waals surface area contributed by atoms with Crippen molar-refractivity contribution in [1.29, 1.82) is 0 Å². The first kappa shape index (κ1) is 18.5. The monoisotopic (exact) mass is 395 g/mol. The second-order valence-corrected chi connectivity index (χ2v) is 7.49. The first-order valence-electron chi connectivity index (χ1n) is 7.36. The van der Waals surface area contributed by atoms with Crippen LogP contribution in [0.2, 0.25) is 0 Å². The quantitative estimate of drug-likeness (QED) is 0.429. The number of non-ortho nitro benzene ring substituents is 1. The Hall–Kier alpha value is -2.34. The number of aromatic nitrogens is 2. The first-order chi connectivity index (χ1) is 12.5. The lowest BCUT2D eigenvalue weighted by Crippen LogP contribution is -2.32. The minimum absolute atomic E-state index is 0.000721. The molecule has 9 nitrogen and oxygen atoms in total. The van der Waals surface area contributed by atoms with E-state index in [-0.39, 0.29) is 12.3 Å². The van der Waals surface area contributed by atoms with Crippen LogP contribution in [0, 0.1) is 10.1 Å². The molecule has 1 aromatic carbocycles. The van der Waals surface area contributed by atoms with Crippen molar-refractivity contribution in [3.8, 4) is 0 Å². The van der Waals surface area contributed by atoms with Gasteiger partial charge >= 0.3 is 5.69 Å². The van der Waals surface area contributed by atoms with Crippen molar-refractivity contribution in [2.75, 3.05) is 6.61 Å². The van der Waals surface area contributed by atoms with Gasteiger partial charge in [0.2, 0.25) is 0 Å². The van der Waals surface area contributed by atoms with Gasteiger partial charge in [0.15, 0.2) is 6.23 Å². The number of nitro benzene ring substituents is 1. The van der Waals surface area contributed by atoms with Crippen molar-refractivity contribution >= 4 is 27.3 Å². The predicted octanol–water partition coefficient (Wildman–Crippen LogP) is 1.66. The molecule has 2 N–H and O–H groups in total. The summed E-state index contributed by atoms with van der Waals surface area (Å²) < 4.78 is 6.87. The van der Waals surface area contributed by atoms with E-state index < -0.39 is 28.5 Å². The minimum atomic E-state index is -0.771. The summed E-state index contributed by atoms with van der Waals surface area (Å²) in [5.74, 6) is 0. The summed E-state index contributed by atoms with van der Waals surface area (Å²) in [5, 5.41) is 20.0. The Balaban J connectivity index is 1.78. The first-order valence-corrected chi connectivity index (χ1v) is 9.51. The zero-order chi connectivity index (χ0) is 18.7. The molecule has 0 saturated carbocycles. The number of hydrogen-bond donors (Lipinski definition) is 2. The van der Waals surface area contributed by atoms with Gasteiger partial charge in [0.1, 0.15) is 6.10 Å². The van der Waals surface area contributed by atoms with Crippen molar-refractivity contribution in [2.24, 2.45) is 0 Å². The van der Waals surface area contributed by atoms with Gasteiger partial charge in [0.25, 0.3) is 11.2 Å². The number of aliphatic hydroxyl groups excluding tert-OH is 1. The van der Waals surface area contributed by atoms with Crippen LogP contribution < -0.4 is 11.2 Å². The van der Waals surface area contributed by atoms with Gasteiger partial charge in [0.05, 0.1) is 11.5 Å². The van der Waals surface area contributed by atoms with Gasteiger partial charge in [-0.05, 0) is 18.2 Å². The average Bonchev–Trinajstić information content (AvgIpc) is 3.03. The molecule has 1 aromatic heterocycles. The predicted molar refractivity (Wildman–Crippen MR) is 96.9 cm³/mol. The summed E-state index contributed by atoms with van der Waals surface area (Å²) in [6.45, 7) is -0.249. The van der Waals surface area contributed by atoms with E-state index in [2.05, 4.69) is 4.98 Å². The summed E-state index contributed by atoms with van der Waals surface area (Å²) >= 11 is 0. The SMILES string of the molecule is O=c1ccn([C@@H]2O[C@H](CO)C=C2SSc2ccc([N+](=O)[O-])cc2)c(=O)[nH]1. The summed E-state index contributed by atoms with van der Waals surface area (Å²) in [6.07, 6.45) is 1.69. The highest BCUT2D eigenvalue weighted by atomic mass is 33.1. The van der Waals surface area contributed by atoms with E-state index >= 15 is 0 Å². The van der Waals surface area contributed by atoms with E-state index in [1.807, 2.05) is 0 Å². The molecule has 0 aliphatic carbocycles. The van der Waals surface area contributed by atoms with Gasteiger partial charge in [-0.25, -0.2) is 4.79 Å². The Labute approximate surface area is 154 Å². The molecular formula is C15H13N3O6S2. The fourth-order valence-electron chi connectivity index (χ4n) is 2.24. The van der Waals surface area contributed by atoms with Crippen LogP contribution >= 0.6 is 21.6 Å². The number of aliphatic hydroxyl groups is 1. The highest BCUT2D eigenvalue weighted by Crippen LogP contribution is 2.45. The molecule has 1 aliphatic rings. The Bertz CT molecular complexity index is 953. The van der Waals surface area contributed by atoms with Gasteiger partial charge < -0.3 is 9.84 Å². The molecule has 0 radical (unpaired) electrons. The van der Waals surface area contributed by atoms with E-state index in [1.54, 1.807) is 18.2 Å². The molecule has 1 aliphatic heterocycles. The third-order valence-corrected chi connectivity index (χ3v) is 5.95. The van der Waals surface area contributed by atoms with E-state index in [0.29, 0.717) is 4.91 Å². The van der Waals surface area contributed by atoms with Gasteiger partial charge in [-0.1, -0.05) is 21.6 Å². The van der Waals surface area contributed by atoms with Crippen LogP contribution in [-0.4, -0.2) is 32.3 Å². The van der Waals surface area contributed by atoms with Crippen molar-refractivity contribution < 1.29 is 14.8 Å². The molecule has 2 aromatic rings. The Morgan fingerprint density at radius 1 is 1.23 bits per heavy atom. The molecule has 0 spiro atoms. The molecule has 26 heavy (non-hydrogen) atoms. The molecule has 2 heterocycles. The number of rotatable bonds is 6. The maximum Gasteiger partial charge on any atom is 0.330 e. The largest absolute Gasteiger partial charge is 0.393 e. The van der Waals surface area contributed by atoms with Crippen LogP contribution in [0.5, 0.6) is 0 Å². The maximum atomic E-state index is 12.0. The van der Waals surface area contributed by atoms with Crippen LogP contribution in [0.4, 0.5) is 5.69 Å². The zero-order valence-electron chi connectivity index (χ0n) is 13.1. The van der Waals surface area contributed by atoms with Gasteiger partial charge in [0, 0.05) is 34.2 Å². The second kappa shape index (κ2) is 7.91. The van der Waals surface area contributed by atoms with Crippen molar-refractivity contribution in [2.45, 2.75) is 17.2 Å². The number of H-pyrrole nitrogens is 1. The highest BCUT2D eigenvalue weighted by Gasteiger charge is 2.29. The Morgan fingerprint density at radius 3 is 2.58 bits per heavy atom. The Kier molecular flexibility index (Phi) is 5.61. The molecule has 0 amide bonds. The number of ether oxygens (including phenoxy) is 1. The zero-order valence-corrected chi connectivity index (χ0v) is 14.7. The normalized spacial score (nSPS) is 19.3. The van der Waals surface area contributed by atoms with E-state index in [0.717, 1.165) is 4.90 Å². The molecule has 0 fully saturated rings. The molecule has 3 rings (SSSR count). The smallest absolute Gasteiger partial charge is 0.330 e. The summed E-state index contributed by atoms with van der Waals surface area (Å²) in [6, 6.07) is 7.27. The van der Waals surface area contributed by atoms with Crippen LogP contribution in [-0.2, 0) is 4.74 Å². The highest BCUT2D eigenvalue weighted by molar-refractivity contribution is 8.78. The molecule has 0 unspecified atom stereocenters. The number of nitrogens with one attached hydrogen (secondary N) is 1. The molecule has 2 atom stereocenters. The van der Waals surface area contributed by atoms with Crippen LogP contribution in [0.25, 0.3) is 0 Å². The summed E-state index contributed by atoms with van der Waals surface area (Å²) in [7, 11) is 2.64. The van der Waals surface area contributed by atoms with Crippen LogP contribution in [0.15, 0.2) is 62.0 Å². The number of hydrogen-bond acceptors (Lipinski definition) is 8. The van der Waals surface area contributed by atoms with E-state index in [4.69, 9.17) is 4.74 Å². The fraction of sp³-hybridized carbons (Fsp3) is 0.200. The lowest BCUT2D eigenvalue weighted by atomic mass is 10.3. The molecular weight excluding hydrogens is 382 g/mol. The van der Waals surface area contributed by atoms with Gasteiger partial charge in [-0.15, -0.1) is 0 Å². The van der Waals surface area contributed by atoms with Gasteiger partial charge in [-0.3, -0.25) is 24.5 Å². The van der Waals surface area contributed by atoms with Crippen LogP contribution in [0.3, 0.4) is 0 Å². The number of nitro groups is 1. The van der Waals surface area contributed by atoms with E-state index in [1.165, 1.54) is 50.6 Å². The third kappa shape index (κ3) is 4.07.